The summed E-state index contributed by atoms with van der Waals surface area (Å²) in [6, 6.07) is 7.86. The van der Waals surface area contributed by atoms with Gasteiger partial charge in [0.15, 0.2) is 0 Å². The molecule has 2 aromatic heterocycles. The van der Waals surface area contributed by atoms with Crippen LogP contribution in [0.1, 0.15) is 27.5 Å². The van der Waals surface area contributed by atoms with Gasteiger partial charge in [-0.2, -0.15) is 18.3 Å². The molecule has 1 atom stereocenters. The number of amides is 1. The van der Waals surface area contributed by atoms with Crippen molar-refractivity contribution < 1.29 is 22.7 Å². The summed E-state index contributed by atoms with van der Waals surface area (Å²) < 4.78 is 44.3. The maximum Gasteiger partial charge on any atom is 0.416 e. The molecule has 10 heteroatoms. The standard InChI is InChI=1S/C21H16F3N5O2/c1-29(16-9-31-17-7-11(21(22,23)24)3-4-12(16)17)20(30)10-2-5-15-13(6-10)18-14(8-26-28-18)19(25)27-15/h2-8,16H,9H2,1H3,(H2,25,27)(H,26,28)/t16-/m1/s1. The molecule has 0 aliphatic carbocycles. The van der Waals surface area contributed by atoms with Crippen molar-refractivity contribution in [2.24, 2.45) is 0 Å². The number of hydrogen-bond acceptors (Lipinski definition) is 5. The van der Waals surface area contributed by atoms with Crippen LogP contribution in [0.3, 0.4) is 0 Å². The van der Waals surface area contributed by atoms with Gasteiger partial charge in [0, 0.05) is 23.6 Å². The molecule has 5 rings (SSSR count). The largest absolute Gasteiger partial charge is 0.491 e. The highest BCUT2D eigenvalue weighted by Gasteiger charge is 2.36. The lowest BCUT2D eigenvalue weighted by Gasteiger charge is -2.24. The van der Waals surface area contributed by atoms with E-state index in [0.29, 0.717) is 38.8 Å². The van der Waals surface area contributed by atoms with Gasteiger partial charge in [-0.15, -0.1) is 0 Å². The Hall–Kier alpha value is -3.82. The lowest BCUT2D eigenvalue weighted by molar-refractivity contribution is -0.137. The number of pyridine rings is 1. The SMILES string of the molecule is CN(C(=O)c1ccc2nc(N)c3cn[nH]c3c2c1)[C@@H]1COc2cc(C(F)(F)F)ccc21. The highest BCUT2D eigenvalue weighted by molar-refractivity contribution is 6.09. The fraction of sp³-hybridized carbons (Fsp3) is 0.190. The van der Waals surface area contributed by atoms with Gasteiger partial charge in [-0.3, -0.25) is 9.89 Å². The first kappa shape index (κ1) is 19.2. The molecule has 4 aromatic rings. The third-order valence-corrected chi connectivity index (χ3v) is 5.55. The number of carbonyl (C=O) groups excluding carboxylic acids is 1. The molecule has 7 nitrogen and oxygen atoms in total. The number of aromatic nitrogens is 3. The number of nitrogens with one attached hydrogen (secondary N) is 1. The van der Waals surface area contributed by atoms with E-state index >= 15 is 0 Å². The molecule has 0 saturated carbocycles. The fourth-order valence-corrected chi connectivity index (χ4v) is 3.88. The number of rotatable bonds is 2. The highest BCUT2D eigenvalue weighted by Crippen LogP contribution is 2.40. The number of nitrogens with zero attached hydrogens (tertiary/aromatic N) is 3. The molecule has 31 heavy (non-hydrogen) atoms. The van der Waals surface area contributed by atoms with Gasteiger partial charge in [-0.25, -0.2) is 4.98 Å². The Kier molecular flexibility index (Phi) is 4.07. The van der Waals surface area contributed by atoms with Gasteiger partial charge in [0.1, 0.15) is 18.2 Å². The van der Waals surface area contributed by atoms with Gasteiger partial charge >= 0.3 is 6.18 Å². The van der Waals surface area contributed by atoms with E-state index in [1.54, 1.807) is 31.4 Å². The predicted molar refractivity (Wildman–Crippen MR) is 108 cm³/mol. The molecule has 1 aliphatic heterocycles. The summed E-state index contributed by atoms with van der Waals surface area (Å²) in [5.41, 5.74) is 7.39. The zero-order valence-corrected chi connectivity index (χ0v) is 16.2. The molecule has 158 valence electrons. The van der Waals surface area contributed by atoms with Crippen LogP contribution in [0.4, 0.5) is 19.0 Å². The first-order chi connectivity index (χ1) is 14.7. The Labute approximate surface area is 173 Å². The molecule has 0 bridgehead atoms. The van der Waals surface area contributed by atoms with E-state index in [4.69, 9.17) is 10.5 Å². The minimum absolute atomic E-state index is 0.0787. The van der Waals surface area contributed by atoms with Crippen LogP contribution in [0.25, 0.3) is 21.8 Å². The van der Waals surface area contributed by atoms with Crippen molar-refractivity contribution in [2.45, 2.75) is 12.2 Å². The van der Waals surface area contributed by atoms with Crippen molar-refractivity contribution in [3.63, 3.8) is 0 Å². The van der Waals surface area contributed by atoms with E-state index < -0.39 is 17.8 Å². The number of nitrogens with two attached hydrogens (primary N) is 1. The number of likely N-dealkylation sites (N-methyl/N-ethyl adjacent to an activating group) is 1. The van der Waals surface area contributed by atoms with Crippen LogP contribution in [0.2, 0.25) is 0 Å². The number of alkyl halides is 3. The summed E-state index contributed by atoms with van der Waals surface area (Å²) in [5, 5.41) is 8.22. The summed E-state index contributed by atoms with van der Waals surface area (Å²) >= 11 is 0. The minimum atomic E-state index is -4.46. The zero-order chi connectivity index (χ0) is 21.9. The van der Waals surface area contributed by atoms with E-state index in [0.717, 1.165) is 12.1 Å². The number of anilines is 1. The van der Waals surface area contributed by atoms with Crippen molar-refractivity contribution in [3.05, 3.63) is 59.3 Å². The number of carbonyl (C=O) groups is 1. The van der Waals surface area contributed by atoms with Gasteiger partial charge in [0.25, 0.3) is 5.91 Å². The molecule has 3 N–H and O–H groups in total. The summed E-state index contributed by atoms with van der Waals surface area (Å²) in [7, 11) is 1.60. The summed E-state index contributed by atoms with van der Waals surface area (Å²) in [6.07, 6.45) is -2.89. The van der Waals surface area contributed by atoms with E-state index in [1.807, 2.05) is 0 Å². The van der Waals surface area contributed by atoms with Gasteiger partial charge in [-0.1, -0.05) is 6.07 Å². The number of halogens is 3. The highest BCUT2D eigenvalue weighted by atomic mass is 19.4. The summed E-state index contributed by atoms with van der Waals surface area (Å²) in [6.45, 7) is 0.0787. The van der Waals surface area contributed by atoms with Crippen molar-refractivity contribution in [3.8, 4) is 5.75 Å². The molecule has 0 fully saturated rings. The van der Waals surface area contributed by atoms with E-state index in [9.17, 15) is 18.0 Å². The molecule has 0 unspecified atom stereocenters. The number of fused-ring (bicyclic) bond motifs is 4. The fourth-order valence-electron chi connectivity index (χ4n) is 3.88. The number of nitrogen functional groups attached to an aromatic ring is 1. The Morgan fingerprint density at radius 2 is 2.03 bits per heavy atom. The lowest BCUT2D eigenvalue weighted by atomic mass is 10.0. The topological polar surface area (TPSA) is 97.1 Å². The molecule has 0 radical (unpaired) electrons. The Balaban J connectivity index is 1.49. The maximum absolute atomic E-state index is 13.2. The molecule has 2 aromatic carbocycles. The zero-order valence-electron chi connectivity index (χ0n) is 16.2. The smallest absolute Gasteiger partial charge is 0.416 e. The monoisotopic (exact) mass is 427 g/mol. The van der Waals surface area contributed by atoms with Crippen molar-refractivity contribution in [1.82, 2.24) is 20.1 Å². The van der Waals surface area contributed by atoms with Gasteiger partial charge in [0.05, 0.1) is 34.2 Å². The first-order valence-electron chi connectivity index (χ1n) is 9.37. The van der Waals surface area contributed by atoms with Crippen molar-refractivity contribution in [2.75, 3.05) is 19.4 Å². The third kappa shape index (κ3) is 3.02. The number of benzene rings is 2. The molecule has 0 saturated heterocycles. The molecule has 0 spiro atoms. The minimum Gasteiger partial charge on any atom is -0.491 e. The van der Waals surface area contributed by atoms with Crippen molar-refractivity contribution in [1.29, 1.82) is 0 Å². The van der Waals surface area contributed by atoms with E-state index in [-0.39, 0.29) is 18.3 Å². The van der Waals surface area contributed by atoms with Crippen LogP contribution in [0.15, 0.2) is 42.6 Å². The van der Waals surface area contributed by atoms with E-state index in [2.05, 4.69) is 15.2 Å². The summed E-state index contributed by atoms with van der Waals surface area (Å²) in [4.78, 5) is 19.0. The van der Waals surface area contributed by atoms with Crippen molar-refractivity contribution >= 4 is 33.5 Å². The molecule has 1 aliphatic rings. The van der Waals surface area contributed by atoms with Crippen LogP contribution in [-0.4, -0.2) is 39.6 Å². The Morgan fingerprint density at radius 3 is 2.81 bits per heavy atom. The number of ether oxygens (including phenoxy) is 1. The van der Waals surface area contributed by atoms with Gasteiger partial charge in [0.2, 0.25) is 0 Å². The normalized spacial score (nSPS) is 15.8. The van der Waals surface area contributed by atoms with Crippen LogP contribution >= 0.6 is 0 Å². The second-order valence-corrected chi connectivity index (χ2v) is 7.38. The maximum atomic E-state index is 13.2. The number of aromatic amines is 1. The van der Waals surface area contributed by atoms with Crippen LogP contribution in [0.5, 0.6) is 5.75 Å². The number of H-pyrrole nitrogens is 1. The number of hydrogen-bond donors (Lipinski definition) is 2. The quantitative estimate of drug-likeness (QED) is 0.506. The second-order valence-electron chi connectivity index (χ2n) is 7.38. The van der Waals surface area contributed by atoms with Crippen LogP contribution in [-0.2, 0) is 6.18 Å². The summed E-state index contributed by atoms with van der Waals surface area (Å²) in [5.74, 6) is 0.176. The predicted octanol–water partition coefficient (Wildman–Crippen LogP) is 3.92. The molecular weight excluding hydrogens is 411 g/mol. The molecular formula is C21H16F3N5O2. The lowest BCUT2D eigenvalue weighted by Crippen LogP contribution is -2.32. The van der Waals surface area contributed by atoms with Gasteiger partial charge < -0.3 is 15.4 Å². The Bertz CT molecular complexity index is 1350. The Morgan fingerprint density at radius 1 is 1.23 bits per heavy atom. The first-order valence-corrected chi connectivity index (χ1v) is 9.37. The van der Waals surface area contributed by atoms with E-state index in [1.165, 1.54) is 11.0 Å². The van der Waals surface area contributed by atoms with Crippen LogP contribution < -0.4 is 10.5 Å². The second kappa shape index (κ2) is 6.59. The third-order valence-electron chi connectivity index (χ3n) is 5.55. The van der Waals surface area contributed by atoms with Gasteiger partial charge in [-0.05, 0) is 30.3 Å². The molecule has 3 heterocycles. The molecule has 1 amide bonds. The average molecular weight is 427 g/mol. The van der Waals surface area contributed by atoms with Crippen LogP contribution in [0, 0.1) is 0 Å². The average Bonchev–Trinajstić information content (AvgIpc) is 3.39.